The molecule has 3 aliphatic heterocycles. The molecule has 29 heavy (non-hydrogen) atoms. The number of hydrazine groups is 1. The monoisotopic (exact) mass is 456 g/mol. The number of rotatable bonds is 3. The van der Waals surface area contributed by atoms with Crippen LogP contribution in [0.4, 0.5) is 11.4 Å². The summed E-state index contributed by atoms with van der Waals surface area (Å²) in [4.78, 5) is 38.3. The van der Waals surface area contributed by atoms with Crippen molar-refractivity contribution in [2.45, 2.75) is 18.5 Å². The summed E-state index contributed by atoms with van der Waals surface area (Å²) in [6.45, 7) is 1.55. The fraction of sp³-hybridized carbons (Fsp3) is 0.300. The summed E-state index contributed by atoms with van der Waals surface area (Å²) < 4.78 is 0.954. The van der Waals surface area contributed by atoms with Gasteiger partial charge >= 0.3 is 0 Å². The molecule has 3 fully saturated rings. The smallest absolute Gasteiger partial charge is 0.269 e. The minimum atomic E-state index is -0.533. The normalized spacial score (nSPS) is 26.8. The Hall–Kier alpha value is -2.62. The van der Waals surface area contributed by atoms with Crippen molar-refractivity contribution >= 4 is 39.1 Å². The zero-order valence-corrected chi connectivity index (χ0v) is 16.9. The molecule has 5 rings (SSSR count). The van der Waals surface area contributed by atoms with Crippen molar-refractivity contribution in [2.24, 2.45) is 5.92 Å². The Balaban J connectivity index is 1.54. The van der Waals surface area contributed by atoms with Crippen LogP contribution in [0.15, 0.2) is 53.0 Å². The Morgan fingerprint density at radius 2 is 1.52 bits per heavy atom. The Kier molecular flexibility index (Phi) is 4.27. The first kappa shape index (κ1) is 18.4. The summed E-state index contributed by atoms with van der Waals surface area (Å²) in [7, 11) is 0. The molecule has 3 heterocycles. The summed E-state index contributed by atoms with van der Waals surface area (Å²) in [5.41, 5.74) is 1.30. The summed E-state index contributed by atoms with van der Waals surface area (Å²) >= 11 is 3.44. The van der Waals surface area contributed by atoms with Gasteiger partial charge in [-0.3, -0.25) is 19.7 Å². The highest BCUT2D eigenvalue weighted by molar-refractivity contribution is 9.10. The summed E-state index contributed by atoms with van der Waals surface area (Å²) in [6, 6.07) is 12.7. The molecular formula is C20H17BrN4O4. The van der Waals surface area contributed by atoms with Crippen molar-refractivity contribution in [2.75, 3.05) is 18.0 Å². The fourth-order valence-electron chi connectivity index (χ4n) is 4.75. The van der Waals surface area contributed by atoms with E-state index in [0.29, 0.717) is 5.69 Å². The minimum Gasteiger partial charge on any atom is -0.274 e. The number of anilines is 1. The van der Waals surface area contributed by atoms with Gasteiger partial charge in [0.25, 0.3) is 11.6 Å². The third-order valence-electron chi connectivity index (χ3n) is 5.94. The van der Waals surface area contributed by atoms with E-state index in [9.17, 15) is 19.7 Å². The Morgan fingerprint density at radius 1 is 0.897 bits per heavy atom. The highest BCUT2D eigenvalue weighted by Gasteiger charge is 2.62. The maximum atomic E-state index is 13.4. The second kappa shape index (κ2) is 6.72. The van der Waals surface area contributed by atoms with E-state index in [-0.39, 0.29) is 23.5 Å². The summed E-state index contributed by atoms with van der Waals surface area (Å²) in [5.74, 6) is -1.02. The standard InChI is InChI=1S/C20H17BrN4O4/c21-13-4-2-12(3-5-13)17-16-18(23-11-1-10-22(17)23)20(27)24(19(16)26)14-6-8-15(9-7-14)25(28)29/h2-9,16-18H,1,10-11H2. The van der Waals surface area contributed by atoms with Gasteiger partial charge in [0, 0.05) is 29.7 Å². The molecule has 0 bridgehead atoms. The first-order valence-electron chi connectivity index (χ1n) is 9.38. The predicted octanol–water partition coefficient (Wildman–Crippen LogP) is 2.89. The summed E-state index contributed by atoms with van der Waals surface area (Å²) in [6.07, 6.45) is 0.940. The fourth-order valence-corrected chi connectivity index (χ4v) is 5.02. The van der Waals surface area contributed by atoms with Crippen molar-refractivity contribution in [1.82, 2.24) is 10.0 Å². The highest BCUT2D eigenvalue weighted by atomic mass is 79.9. The molecule has 3 saturated heterocycles. The lowest BCUT2D eigenvalue weighted by Gasteiger charge is -2.29. The molecule has 9 heteroatoms. The molecule has 2 aromatic carbocycles. The average Bonchev–Trinajstić information content (AvgIpc) is 3.35. The molecule has 0 spiro atoms. The van der Waals surface area contributed by atoms with Crippen LogP contribution in [0.3, 0.4) is 0 Å². The van der Waals surface area contributed by atoms with Gasteiger partial charge in [0.15, 0.2) is 0 Å². The number of non-ortho nitro benzene ring substituents is 1. The van der Waals surface area contributed by atoms with E-state index in [4.69, 9.17) is 0 Å². The van der Waals surface area contributed by atoms with E-state index < -0.39 is 16.9 Å². The van der Waals surface area contributed by atoms with Gasteiger partial charge in [-0.15, -0.1) is 0 Å². The number of fused-ring (bicyclic) bond motifs is 3. The highest BCUT2D eigenvalue weighted by Crippen LogP contribution is 2.49. The SMILES string of the molecule is O=C1C2C(C(=O)N1c1ccc([N+](=O)[O-])cc1)N1CCCN1C2c1ccc(Br)cc1. The largest absolute Gasteiger partial charge is 0.274 e. The van der Waals surface area contributed by atoms with E-state index in [1.54, 1.807) is 0 Å². The zero-order chi connectivity index (χ0) is 20.3. The lowest BCUT2D eigenvalue weighted by molar-refractivity contribution is -0.384. The second-order valence-corrected chi connectivity index (χ2v) is 8.35. The molecule has 3 atom stereocenters. The van der Waals surface area contributed by atoms with Crippen LogP contribution in [-0.4, -0.2) is 45.9 Å². The van der Waals surface area contributed by atoms with Gasteiger partial charge in [0.1, 0.15) is 6.04 Å². The van der Waals surface area contributed by atoms with Crippen molar-refractivity contribution in [1.29, 1.82) is 0 Å². The van der Waals surface area contributed by atoms with Gasteiger partial charge in [-0.25, -0.2) is 14.9 Å². The quantitative estimate of drug-likeness (QED) is 0.400. The molecular weight excluding hydrogens is 440 g/mol. The van der Waals surface area contributed by atoms with Crippen molar-refractivity contribution < 1.29 is 14.5 Å². The second-order valence-electron chi connectivity index (χ2n) is 7.43. The number of amides is 2. The molecule has 2 aromatic rings. The topological polar surface area (TPSA) is 87.0 Å². The van der Waals surface area contributed by atoms with Crippen LogP contribution in [0.5, 0.6) is 0 Å². The predicted molar refractivity (Wildman–Crippen MR) is 108 cm³/mol. The molecule has 3 unspecified atom stereocenters. The van der Waals surface area contributed by atoms with Crippen LogP contribution in [0.1, 0.15) is 18.0 Å². The number of hydrogen-bond acceptors (Lipinski definition) is 6. The van der Waals surface area contributed by atoms with Crippen LogP contribution in [0, 0.1) is 16.0 Å². The number of imide groups is 1. The minimum absolute atomic E-state index is 0.0773. The number of halogens is 1. The molecule has 0 radical (unpaired) electrons. The van der Waals surface area contributed by atoms with E-state index in [2.05, 4.69) is 20.9 Å². The van der Waals surface area contributed by atoms with Crippen LogP contribution in [0.2, 0.25) is 0 Å². The Bertz CT molecular complexity index is 1010. The number of carbonyl (C=O) groups excluding carboxylic acids is 2. The molecule has 0 aromatic heterocycles. The molecule has 148 valence electrons. The van der Waals surface area contributed by atoms with Gasteiger partial charge in [-0.05, 0) is 36.2 Å². The number of nitrogens with zero attached hydrogens (tertiary/aromatic N) is 4. The summed E-state index contributed by atoms with van der Waals surface area (Å²) in [5, 5.41) is 15.1. The van der Waals surface area contributed by atoms with Crippen molar-refractivity contribution in [3.63, 3.8) is 0 Å². The third-order valence-corrected chi connectivity index (χ3v) is 6.46. The third kappa shape index (κ3) is 2.72. The molecule has 0 saturated carbocycles. The molecule has 8 nitrogen and oxygen atoms in total. The molecule has 2 amide bonds. The van der Waals surface area contributed by atoms with Gasteiger partial charge < -0.3 is 0 Å². The number of nitro groups is 1. The van der Waals surface area contributed by atoms with Crippen LogP contribution >= 0.6 is 15.9 Å². The lowest BCUT2D eigenvalue weighted by atomic mass is 9.90. The van der Waals surface area contributed by atoms with Gasteiger partial charge in [0.05, 0.1) is 22.6 Å². The van der Waals surface area contributed by atoms with Crippen LogP contribution in [-0.2, 0) is 9.59 Å². The van der Waals surface area contributed by atoms with E-state index >= 15 is 0 Å². The molecule has 3 aliphatic rings. The van der Waals surface area contributed by atoms with Crippen LogP contribution in [0.25, 0.3) is 0 Å². The first-order chi connectivity index (χ1) is 14.0. The molecule has 0 aliphatic carbocycles. The van der Waals surface area contributed by atoms with Gasteiger partial charge in [0.2, 0.25) is 5.91 Å². The number of benzene rings is 2. The number of hydrogen-bond donors (Lipinski definition) is 0. The van der Waals surface area contributed by atoms with Gasteiger partial charge in [-0.1, -0.05) is 28.1 Å². The molecule has 0 N–H and O–H groups in total. The Morgan fingerprint density at radius 3 is 2.14 bits per heavy atom. The van der Waals surface area contributed by atoms with Crippen molar-refractivity contribution in [3.05, 3.63) is 68.7 Å². The average molecular weight is 457 g/mol. The van der Waals surface area contributed by atoms with E-state index in [1.807, 2.05) is 29.3 Å². The maximum Gasteiger partial charge on any atom is 0.269 e. The lowest BCUT2D eigenvalue weighted by Crippen LogP contribution is -2.44. The first-order valence-corrected chi connectivity index (χ1v) is 10.2. The van der Waals surface area contributed by atoms with E-state index in [1.165, 1.54) is 29.2 Å². The maximum absolute atomic E-state index is 13.4. The van der Waals surface area contributed by atoms with Gasteiger partial charge in [-0.2, -0.15) is 0 Å². The number of carbonyl (C=O) groups is 2. The Labute approximate surface area is 174 Å². The van der Waals surface area contributed by atoms with E-state index in [0.717, 1.165) is 29.5 Å². The zero-order valence-electron chi connectivity index (χ0n) is 15.3. The van der Waals surface area contributed by atoms with Crippen LogP contribution < -0.4 is 4.90 Å². The number of nitro benzene ring substituents is 1. The van der Waals surface area contributed by atoms with Crippen molar-refractivity contribution in [3.8, 4) is 0 Å².